The lowest BCUT2D eigenvalue weighted by molar-refractivity contribution is -0.183. The molecular formula is C32H54O. The number of carbonyl (C=O) groups is 1. The van der Waals surface area contributed by atoms with Crippen molar-refractivity contribution in [1.82, 2.24) is 0 Å². The molecule has 5 rings (SSSR count). The van der Waals surface area contributed by atoms with E-state index < -0.39 is 0 Å². The summed E-state index contributed by atoms with van der Waals surface area (Å²) >= 11 is 0. The second-order valence-corrected chi connectivity index (χ2v) is 14.3. The molecule has 1 nitrogen and oxygen atoms in total. The Morgan fingerprint density at radius 3 is 2.27 bits per heavy atom. The second-order valence-electron chi connectivity index (χ2n) is 14.3. The SMILES string of the molecule is CC1CCCC2(C)C1CCC1(C)C3CCC4(CCCCCCCC=O)CCCC4C3CCC21. The highest BCUT2D eigenvalue weighted by Gasteiger charge is 2.63. The number of carbonyl (C=O) groups excluding carboxylic acids is 1. The lowest BCUT2D eigenvalue weighted by atomic mass is 9.37. The Morgan fingerprint density at radius 2 is 1.42 bits per heavy atom. The van der Waals surface area contributed by atoms with Crippen LogP contribution in [0, 0.1) is 51.8 Å². The van der Waals surface area contributed by atoms with Crippen LogP contribution in [-0.2, 0) is 4.79 Å². The Labute approximate surface area is 205 Å². The van der Waals surface area contributed by atoms with Gasteiger partial charge in [-0.1, -0.05) is 65.7 Å². The molecule has 9 atom stereocenters. The average Bonchev–Trinajstić information content (AvgIpc) is 3.22. The number of aldehydes is 1. The zero-order valence-corrected chi connectivity index (χ0v) is 22.4. The number of fused-ring (bicyclic) bond motifs is 7. The third-order valence-electron chi connectivity index (χ3n) is 13.1. The van der Waals surface area contributed by atoms with Gasteiger partial charge in [0.15, 0.2) is 0 Å². The standard InChI is InChI=1S/C32H54O/c1-24-12-10-18-30(2)26(24)16-21-31(3)27-17-22-32(19-8-6-4-5-7-9-23-33)20-11-13-28(32)25(27)14-15-29(30)31/h23-29H,4-22H2,1-3H3. The van der Waals surface area contributed by atoms with E-state index in [4.69, 9.17) is 0 Å². The lowest BCUT2D eigenvalue weighted by Crippen LogP contribution is -2.60. The topological polar surface area (TPSA) is 17.1 Å². The van der Waals surface area contributed by atoms with Crippen LogP contribution in [0.2, 0.25) is 0 Å². The molecule has 5 fully saturated rings. The van der Waals surface area contributed by atoms with Crippen molar-refractivity contribution in [2.75, 3.05) is 0 Å². The highest BCUT2D eigenvalue weighted by molar-refractivity contribution is 5.48. The molecule has 0 heterocycles. The molecule has 33 heavy (non-hydrogen) atoms. The maximum absolute atomic E-state index is 10.6. The van der Waals surface area contributed by atoms with E-state index in [1.807, 2.05) is 0 Å². The van der Waals surface area contributed by atoms with Gasteiger partial charge in [0.1, 0.15) is 6.29 Å². The molecular weight excluding hydrogens is 400 g/mol. The molecule has 0 radical (unpaired) electrons. The van der Waals surface area contributed by atoms with Gasteiger partial charge in [-0.2, -0.15) is 0 Å². The first-order valence-electron chi connectivity index (χ1n) is 15.4. The second kappa shape index (κ2) is 9.61. The molecule has 0 aromatic heterocycles. The van der Waals surface area contributed by atoms with Crippen LogP contribution in [0.5, 0.6) is 0 Å². The number of hydrogen-bond donors (Lipinski definition) is 0. The summed E-state index contributed by atoms with van der Waals surface area (Å²) in [6, 6.07) is 0. The number of unbranched alkanes of at least 4 members (excludes halogenated alkanes) is 5. The molecule has 0 amide bonds. The summed E-state index contributed by atoms with van der Waals surface area (Å²) in [6.07, 6.45) is 28.4. The zero-order valence-electron chi connectivity index (χ0n) is 22.4. The summed E-state index contributed by atoms with van der Waals surface area (Å²) in [6.45, 7) is 8.15. The quantitative estimate of drug-likeness (QED) is 0.264. The van der Waals surface area contributed by atoms with Crippen LogP contribution in [0.15, 0.2) is 0 Å². The summed E-state index contributed by atoms with van der Waals surface area (Å²) in [5.41, 5.74) is 2.00. The molecule has 0 aromatic carbocycles. The first kappa shape index (κ1) is 24.4. The third-order valence-corrected chi connectivity index (χ3v) is 13.1. The number of hydrogen-bond acceptors (Lipinski definition) is 1. The van der Waals surface area contributed by atoms with Crippen LogP contribution in [0.1, 0.15) is 143 Å². The maximum Gasteiger partial charge on any atom is 0.119 e. The van der Waals surface area contributed by atoms with E-state index in [-0.39, 0.29) is 0 Å². The van der Waals surface area contributed by atoms with Gasteiger partial charge in [-0.3, -0.25) is 0 Å². The van der Waals surface area contributed by atoms with Crippen LogP contribution in [0.3, 0.4) is 0 Å². The van der Waals surface area contributed by atoms with Crippen LogP contribution in [0.4, 0.5) is 0 Å². The normalized spacial score (nSPS) is 48.9. The fraction of sp³-hybridized carbons (Fsp3) is 0.969. The van der Waals surface area contributed by atoms with E-state index in [1.54, 1.807) is 44.9 Å². The smallest absolute Gasteiger partial charge is 0.119 e. The van der Waals surface area contributed by atoms with E-state index in [2.05, 4.69) is 20.8 Å². The van der Waals surface area contributed by atoms with Crippen molar-refractivity contribution in [2.24, 2.45) is 51.8 Å². The molecule has 9 unspecified atom stereocenters. The molecule has 1 heteroatoms. The van der Waals surface area contributed by atoms with Crippen LogP contribution >= 0.6 is 0 Å². The van der Waals surface area contributed by atoms with Gasteiger partial charge in [-0.15, -0.1) is 0 Å². The van der Waals surface area contributed by atoms with Crippen molar-refractivity contribution in [3.05, 3.63) is 0 Å². The number of rotatable bonds is 8. The van der Waals surface area contributed by atoms with E-state index in [0.717, 1.165) is 54.6 Å². The van der Waals surface area contributed by atoms with Crippen molar-refractivity contribution in [2.45, 2.75) is 143 Å². The van der Waals surface area contributed by atoms with Gasteiger partial charge in [0, 0.05) is 6.42 Å². The average molecular weight is 455 g/mol. The zero-order chi connectivity index (χ0) is 23.1. The van der Waals surface area contributed by atoms with E-state index in [9.17, 15) is 4.79 Å². The Kier molecular flexibility index (Phi) is 7.10. The minimum Gasteiger partial charge on any atom is -0.303 e. The van der Waals surface area contributed by atoms with Gasteiger partial charge >= 0.3 is 0 Å². The van der Waals surface area contributed by atoms with Crippen LogP contribution in [0.25, 0.3) is 0 Å². The molecule has 0 bridgehead atoms. The predicted octanol–water partition coefficient (Wildman–Crippen LogP) is 9.38. The fourth-order valence-corrected chi connectivity index (χ4v) is 11.7. The fourth-order valence-electron chi connectivity index (χ4n) is 11.7. The Bertz CT molecular complexity index is 684. The summed E-state index contributed by atoms with van der Waals surface area (Å²) in [7, 11) is 0. The summed E-state index contributed by atoms with van der Waals surface area (Å²) in [4.78, 5) is 10.6. The molecule has 0 aromatic rings. The molecule has 0 spiro atoms. The van der Waals surface area contributed by atoms with Crippen molar-refractivity contribution in [1.29, 1.82) is 0 Å². The van der Waals surface area contributed by atoms with E-state index >= 15 is 0 Å². The van der Waals surface area contributed by atoms with Gasteiger partial charge in [0.25, 0.3) is 0 Å². The Morgan fingerprint density at radius 1 is 0.697 bits per heavy atom. The molecule has 0 saturated heterocycles. The lowest BCUT2D eigenvalue weighted by Gasteiger charge is -2.67. The van der Waals surface area contributed by atoms with Gasteiger partial charge in [-0.25, -0.2) is 0 Å². The predicted molar refractivity (Wildman–Crippen MR) is 139 cm³/mol. The van der Waals surface area contributed by atoms with Crippen molar-refractivity contribution in [3.63, 3.8) is 0 Å². The van der Waals surface area contributed by atoms with Crippen LogP contribution in [-0.4, -0.2) is 6.29 Å². The summed E-state index contributed by atoms with van der Waals surface area (Å²) < 4.78 is 0. The molecule has 188 valence electrons. The van der Waals surface area contributed by atoms with Crippen molar-refractivity contribution >= 4 is 6.29 Å². The third kappa shape index (κ3) is 4.08. The molecule has 5 aliphatic carbocycles. The molecule has 5 saturated carbocycles. The maximum atomic E-state index is 10.6. The highest BCUT2D eigenvalue weighted by atomic mass is 16.1. The first-order valence-corrected chi connectivity index (χ1v) is 15.4. The Balaban J connectivity index is 1.26. The highest BCUT2D eigenvalue weighted by Crippen LogP contribution is 2.72. The van der Waals surface area contributed by atoms with Gasteiger partial charge in [0.2, 0.25) is 0 Å². The van der Waals surface area contributed by atoms with Crippen molar-refractivity contribution < 1.29 is 4.79 Å². The summed E-state index contributed by atoms with van der Waals surface area (Å²) in [5, 5.41) is 0. The molecule has 5 aliphatic rings. The largest absolute Gasteiger partial charge is 0.303 e. The Hall–Kier alpha value is -0.330. The van der Waals surface area contributed by atoms with E-state index in [0.29, 0.717) is 16.2 Å². The molecule has 0 aliphatic heterocycles. The minimum absolute atomic E-state index is 0.637. The van der Waals surface area contributed by atoms with Gasteiger partial charge < -0.3 is 4.79 Å². The molecule has 0 N–H and O–H groups in total. The van der Waals surface area contributed by atoms with Crippen molar-refractivity contribution in [3.8, 4) is 0 Å². The van der Waals surface area contributed by atoms with Gasteiger partial charge in [-0.05, 0) is 122 Å². The minimum atomic E-state index is 0.637. The van der Waals surface area contributed by atoms with E-state index in [1.165, 1.54) is 64.2 Å². The monoisotopic (exact) mass is 454 g/mol. The first-order chi connectivity index (χ1) is 15.9. The van der Waals surface area contributed by atoms with Gasteiger partial charge in [0.05, 0.1) is 0 Å². The van der Waals surface area contributed by atoms with Crippen LogP contribution < -0.4 is 0 Å². The summed E-state index contributed by atoms with van der Waals surface area (Å²) in [5.74, 6) is 6.13.